The molecule has 0 saturated heterocycles. The smallest absolute Gasteiger partial charge is 0.462 e. The molecule has 0 rings (SSSR count). The Kier molecular flexibility index (Phi) is 71.2. The molecule has 0 aliphatic heterocycles. The number of carbonyl (C=O) groups excluding carboxylic acids is 4. The van der Waals surface area contributed by atoms with Crippen molar-refractivity contribution in [1.29, 1.82) is 0 Å². The van der Waals surface area contributed by atoms with Crippen molar-refractivity contribution in [3.05, 3.63) is 182 Å². The summed E-state index contributed by atoms with van der Waals surface area (Å²) in [5.74, 6) is -2.44. The van der Waals surface area contributed by atoms with Crippen LogP contribution in [0.15, 0.2) is 182 Å². The van der Waals surface area contributed by atoms with Gasteiger partial charge in [0.05, 0.1) is 32.8 Å². The van der Waals surface area contributed by atoms with E-state index in [1.54, 1.807) is 12.2 Å². The summed E-state index contributed by atoms with van der Waals surface area (Å²) in [5, 5.41) is 10.6. The lowest BCUT2D eigenvalue weighted by Gasteiger charge is -2.21. The minimum atomic E-state index is -5.02. The average molecular weight is 1490 g/mol. The third kappa shape index (κ3) is 74.4. The molecule has 5 unspecified atom stereocenters. The number of carbonyl (C=O) groups is 4. The molecular formula is C85H136O17P2. The van der Waals surface area contributed by atoms with Crippen molar-refractivity contribution in [2.75, 3.05) is 39.6 Å². The second-order valence-electron chi connectivity index (χ2n) is 25.2. The second kappa shape index (κ2) is 75.4. The van der Waals surface area contributed by atoms with Gasteiger partial charge in [-0.3, -0.25) is 37.3 Å². The fourth-order valence-electron chi connectivity index (χ4n) is 9.49. The number of hydrogen-bond acceptors (Lipinski definition) is 15. The van der Waals surface area contributed by atoms with Crippen LogP contribution in [0.1, 0.15) is 272 Å². The normalized spacial score (nSPS) is 14.9. The quantitative estimate of drug-likeness (QED) is 0.0169. The van der Waals surface area contributed by atoms with Gasteiger partial charge in [-0.2, -0.15) is 0 Å². The van der Waals surface area contributed by atoms with Crippen molar-refractivity contribution in [3.8, 4) is 0 Å². The Bertz CT molecular complexity index is 2690. The molecule has 0 bridgehead atoms. The number of unbranched alkanes of at least 4 members (excludes halogenated alkanes) is 16. The van der Waals surface area contributed by atoms with Crippen molar-refractivity contribution in [2.45, 2.75) is 290 Å². The zero-order valence-electron chi connectivity index (χ0n) is 64.1. The first-order chi connectivity index (χ1) is 50.7. The van der Waals surface area contributed by atoms with E-state index in [9.17, 15) is 43.2 Å². The monoisotopic (exact) mass is 1490 g/mol. The molecule has 0 fully saturated rings. The minimum Gasteiger partial charge on any atom is -0.462 e. The molecule has 0 radical (unpaired) electrons. The van der Waals surface area contributed by atoms with Crippen molar-refractivity contribution in [3.63, 3.8) is 0 Å². The Morgan fingerprint density at radius 1 is 0.288 bits per heavy atom. The van der Waals surface area contributed by atoms with Gasteiger partial charge in [0.2, 0.25) is 0 Å². The first-order valence-electron chi connectivity index (χ1n) is 39.0. The number of ether oxygens (including phenoxy) is 4. The molecule has 588 valence electrons. The predicted molar refractivity (Wildman–Crippen MR) is 426 cm³/mol. The summed E-state index contributed by atoms with van der Waals surface area (Å²) < 4.78 is 68.3. The highest BCUT2D eigenvalue weighted by molar-refractivity contribution is 7.47. The predicted octanol–water partition coefficient (Wildman–Crippen LogP) is 22.8. The Morgan fingerprint density at radius 2 is 0.567 bits per heavy atom. The van der Waals surface area contributed by atoms with Gasteiger partial charge in [-0.15, -0.1) is 0 Å². The number of rotatable bonds is 71. The minimum absolute atomic E-state index is 0.0568. The van der Waals surface area contributed by atoms with Crippen LogP contribution in [0.3, 0.4) is 0 Å². The first kappa shape index (κ1) is 98.2. The van der Waals surface area contributed by atoms with Gasteiger partial charge in [0, 0.05) is 19.3 Å². The van der Waals surface area contributed by atoms with E-state index < -0.39 is 97.5 Å². The average Bonchev–Trinajstić information content (AvgIpc) is 0.918. The number of hydrogen-bond donors (Lipinski definition) is 3. The van der Waals surface area contributed by atoms with Gasteiger partial charge in [0.15, 0.2) is 12.2 Å². The van der Waals surface area contributed by atoms with Crippen LogP contribution < -0.4 is 0 Å². The molecule has 0 saturated carbocycles. The number of phosphoric ester groups is 2. The number of esters is 4. The summed E-state index contributed by atoms with van der Waals surface area (Å²) >= 11 is 0. The van der Waals surface area contributed by atoms with Crippen LogP contribution in [-0.2, 0) is 65.4 Å². The Labute approximate surface area is 628 Å². The van der Waals surface area contributed by atoms with Crippen LogP contribution in [-0.4, -0.2) is 96.7 Å². The molecule has 3 N–H and O–H groups in total. The summed E-state index contributed by atoms with van der Waals surface area (Å²) in [6.07, 6.45) is 90.6. The van der Waals surface area contributed by atoms with E-state index in [1.807, 2.05) is 24.3 Å². The highest BCUT2D eigenvalue weighted by Crippen LogP contribution is 2.45. The van der Waals surface area contributed by atoms with E-state index in [-0.39, 0.29) is 25.7 Å². The summed E-state index contributed by atoms with van der Waals surface area (Å²) in [4.78, 5) is 72.9. The van der Waals surface area contributed by atoms with Crippen LogP contribution in [0.2, 0.25) is 0 Å². The van der Waals surface area contributed by atoms with Crippen LogP contribution in [0, 0.1) is 0 Å². The summed E-state index contributed by atoms with van der Waals surface area (Å²) in [6.45, 7) is 4.31. The lowest BCUT2D eigenvalue weighted by atomic mass is 10.1. The maximum atomic E-state index is 13.1. The van der Waals surface area contributed by atoms with Crippen molar-refractivity contribution < 1.29 is 80.2 Å². The van der Waals surface area contributed by atoms with E-state index >= 15 is 0 Å². The van der Waals surface area contributed by atoms with Gasteiger partial charge < -0.3 is 33.8 Å². The van der Waals surface area contributed by atoms with Gasteiger partial charge in [0.1, 0.15) is 19.3 Å². The zero-order chi connectivity index (χ0) is 76.0. The van der Waals surface area contributed by atoms with E-state index in [4.69, 9.17) is 37.0 Å². The number of aliphatic hydroxyl groups is 1. The summed E-state index contributed by atoms with van der Waals surface area (Å²) in [6, 6.07) is 0. The van der Waals surface area contributed by atoms with Gasteiger partial charge in [-0.1, -0.05) is 274 Å². The van der Waals surface area contributed by atoms with Crippen LogP contribution in [0.5, 0.6) is 0 Å². The Hall–Kier alpha value is -5.84. The first-order valence-corrected chi connectivity index (χ1v) is 42.0. The molecule has 19 heteroatoms. The fraction of sp³-hybridized carbons (Fsp3) is 0.600. The molecule has 0 amide bonds. The third-order valence-corrected chi connectivity index (χ3v) is 17.2. The van der Waals surface area contributed by atoms with E-state index in [2.05, 4.69) is 174 Å². The van der Waals surface area contributed by atoms with E-state index in [0.29, 0.717) is 32.1 Å². The molecule has 17 nitrogen and oxygen atoms in total. The third-order valence-electron chi connectivity index (χ3n) is 15.3. The number of allylic oxidation sites excluding steroid dienone is 29. The SMILES string of the molecule is CC/C=C\C/C=C\C/C=C\C/C=C\C/C=C\CCCC(=O)OCC(COP(=O)(O)OCC(O)COP(=O)(O)OCC(COC(=O)CCCCCCCC/C=C\C/C=C\C/C=C\CCCCC)OC(=O)C/C=C\C/C=C\C/C=C\C/C=C\C/C=C\CC)OC(=O)CCCCCCC/C=C\C/C=C\CCC. The standard InChI is InChI=1S/C85H136O17P2/c1-5-9-13-17-21-25-29-33-36-38-39-41-44-47-50-54-58-62-66-70-83(88)96-76-81(102-85(90)72-68-64-60-56-52-48-42-35-31-27-23-19-15-11-7-3)78-100-104(93,94)98-74-79(86)73-97-103(91,92)99-77-80(101-84(89)71-67-63-59-55-51-45-32-28-24-20-16-12-8-4)75-95-82(87)69-65-61-57-53-49-46-43-40-37-34-30-26-22-18-14-10-6-2/h10-11,14-16,20-23,25-28,32-37,39,41-43,46,52-53,56-57,64,68,79-81,86H,5-9,12-13,17-19,24,29-31,38,40,44-45,47-51,54-55,58-63,65-67,69-78H2,1-4H3,(H,91,92)(H,93,94)/b14-10-,15-11-,20-16-,25-21-,26-22-,27-23-,32-28-,36-33-,37-34-,41-39-,42-35-,46-43-,56-52-,57-53-,68-64-. The summed E-state index contributed by atoms with van der Waals surface area (Å²) in [5.41, 5.74) is 0. The van der Waals surface area contributed by atoms with Gasteiger partial charge >= 0.3 is 39.5 Å². The van der Waals surface area contributed by atoms with Crippen molar-refractivity contribution in [1.82, 2.24) is 0 Å². The maximum absolute atomic E-state index is 13.1. The molecule has 0 aromatic heterocycles. The van der Waals surface area contributed by atoms with Crippen molar-refractivity contribution >= 4 is 39.5 Å². The van der Waals surface area contributed by atoms with Gasteiger partial charge in [-0.05, 0) is 154 Å². The second-order valence-corrected chi connectivity index (χ2v) is 28.1. The molecule has 5 atom stereocenters. The van der Waals surface area contributed by atoms with E-state index in [1.165, 1.54) is 19.3 Å². The van der Waals surface area contributed by atoms with Crippen LogP contribution in [0.4, 0.5) is 0 Å². The molecule has 0 aromatic carbocycles. The highest BCUT2D eigenvalue weighted by atomic mass is 31.2. The molecule has 104 heavy (non-hydrogen) atoms. The topological polar surface area (TPSA) is 237 Å². The number of phosphoric acid groups is 2. The largest absolute Gasteiger partial charge is 0.472 e. The number of aliphatic hydroxyl groups excluding tert-OH is 1. The molecule has 0 aromatic rings. The highest BCUT2D eigenvalue weighted by Gasteiger charge is 2.30. The van der Waals surface area contributed by atoms with Crippen LogP contribution in [0.25, 0.3) is 0 Å². The summed E-state index contributed by atoms with van der Waals surface area (Å²) in [7, 11) is -10.0. The van der Waals surface area contributed by atoms with Crippen molar-refractivity contribution in [2.24, 2.45) is 0 Å². The molecule has 0 aliphatic rings. The van der Waals surface area contributed by atoms with E-state index in [0.717, 1.165) is 167 Å². The van der Waals surface area contributed by atoms with Gasteiger partial charge in [-0.25, -0.2) is 9.13 Å². The molecular weight excluding hydrogens is 1350 g/mol. The Balaban J connectivity index is 5.49. The lowest BCUT2D eigenvalue weighted by molar-refractivity contribution is -0.161. The van der Waals surface area contributed by atoms with Crippen LogP contribution >= 0.6 is 15.6 Å². The molecule has 0 heterocycles. The molecule has 0 aliphatic carbocycles. The Morgan fingerprint density at radius 3 is 0.933 bits per heavy atom. The molecule has 0 spiro atoms. The zero-order valence-corrected chi connectivity index (χ0v) is 65.9. The maximum Gasteiger partial charge on any atom is 0.472 e. The fourth-order valence-corrected chi connectivity index (χ4v) is 11.1. The lowest BCUT2D eigenvalue weighted by Crippen LogP contribution is -2.30. The van der Waals surface area contributed by atoms with Gasteiger partial charge in [0.25, 0.3) is 0 Å².